The lowest BCUT2D eigenvalue weighted by Gasteiger charge is -2.54. The molecule has 0 bridgehead atoms. The van der Waals surface area contributed by atoms with Gasteiger partial charge in [0.15, 0.2) is 11.2 Å². The third kappa shape index (κ3) is 5.58. The van der Waals surface area contributed by atoms with Gasteiger partial charge in [-0.3, -0.25) is 9.59 Å². The lowest BCUT2D eigenvalue weighted by atomic mass is 9.47. The van der Waals surface area contributed by atoms with E-state index in [4.69, 9.17) is 4.74 Å². The Labute approximate surface area is 301 Å². The van der Waals surface area contributed by atoms with Gasteiger partial charge in [-0.05, 0) is 81.1 Å². The van der Waals surface area contributed by atoms with E-state index in [1.807, 2.05) is 127 Å². The highest BCUT2D eigenvalue weighted by Crippen LogP contribution is 2.64. The first-order valence-corrected chi connectivity index (χ1v) is 17.5. The van der Waals surface area contributed by atoms with Crippen molar-refractivity contribution in [3.8, 4) is 6.07 Å². The number of Topliss-reactive ketones (excluding diaryl/α,β-unsaturated/α-hetero) is 1. The zero-order chi connectivity index (χ0) is 34.3. The number of fused-ring (bicyclic) bond motifs is 2. The number of nitriles is 1. The number of hydrogen-bond acceptors (Lipinski definition) is 5. The monoisotopic (exact) mass is 771 g/mol. The highest BCUT2D eigenvalue weighted by Gasteiger charge is 2.67. The lowest BCUT2D eigenvalue weighted by Crippen LogP contribution is -2.59. The van der Waals surface area contributed by atoms with Crippen LogP contribution < -0.4 is 0 Å². The molecule has 7 heteroatoms. The van der Waals surface area contributed by atoms with Gasteiger partial charge in [0.25, 0.3) is 0 Å². The molecule has 1 fully saturated rings. The van der Waals surface area contributed by atoms with E-state index in [1.54, 1.807) is 6.07 Å². The Morgan fingerprint density at radius 1 is 0.735 bits per heavy atom. The van der Waals surface area contributed by atoms with Gasteiger partial charge in [-0.1, -0.05) is 129 Å². The lowest BCUT2D eigenvalue weighted by molar-refractivity contribution is -0.162. The van der Waals surface area contributed by atoms with Crippen LogP contribution in [-0.2, 0) is 15.1 Å². The number of hydrogen-bond donors (Lipinski definition) is 1. The highest BCUT2D eigenvalue weighted by molar-refractivity contribution is 9.10. The van der Waals surface area contributed by atoms with Crippen molar-refractivity contribution < 1.29 is 19.4 Å². The van der Waals surface area contributed by atoms with Crippen molar-refractivity contribution >= 4 is 65.2 Å². The van der Waals surface area contributed by atoms with Crippen molar-refractivity contribution in [2.45, 2.75) is 23.9 Å². The Balaban J connectivity index is 1.57. The van der Waals surface area contributed by atoms with Crippen LogP contribution in [0.5, 0.6) is 0 Å². The largest absolute Gasteiger partial charge is 0.468 e. The second-order valence-corrected chi connectivity index (χ2v) is 14.5. The van der Waals surface area contributed by atoms with Gasteiger partial charge in [0.2, 0.25) is 0 Å². The van der Waals surface area contributed by atoms with Crippen molar-refractivity contribution in [1.82, 2.24) is 0 Å². The topological polar surface area (TPSA) is 87.4 Å². The normalized spacial score (nSPS) is 23.5. The molecule has 0 amide bonds. The summed E-state index contributed by atoms with van der Waals surface area (Å²) in [6, 6.07) is 43.9. The van der Waals surface area contributed by atoms with Crippen LogP contribution in [0.2, 0.25) is 0 Å². The van der Waals surface area contributed by atoms with Crippen molar-refractivity contribution in [2.75, 3.05) is 7.11 Å². The third-order valence-corrected chi connectivity index (χ3v) is 11.2. The van der Waals surface area contributed by atoms with Crippen LogP contribution >= 0.6 is 31.9 Å². The average molecular weight is 774 g/mol. The fourth-order valence-corrected chi connectivity index (χ4v) is 8.36. The number of benzene rings is 6. The summed E-state index contributed by atoms with van der Waals surface area (Å²) in [6.45, 7) is 0. The first-order chi connectivity index (χ1) is 23.7. The number of ether oxygens (including phenoxy) is 1. The molecule has 0 aromatic heterocycles. The van der Waals surface area contributed by atoms with E-state index in [0.717, 1.165) is 30.5 Å². The Kier molecular flexibility index (Phi) is 8.74. The maximum absolute atomic E-state index is 15.3. The van der Waals surface area contributed by atoms with Gasteiger partial charge < -0.3 is 9.84 Å². The molecule has 0 radical (unpaired) electrons. The minimum absolute atomic E-state index is 0.0906. The molecular weight excluding hydrogens is 742 g/mol. The van der Waals surface area contributed by atoms with E-state index >= 15 is 4.79 Å². The van der Waals surface area contributed by atoms with Crippen LogP contribution in [0.1, 0.15) is 45.3 Å². The summed E-state index contributed by atoms with van der Waals surface area (Å²) in [5.41, 5.74) is -1.56. The van der Waals surface area contributed by atoms with Crippen LogP contribution in [0.4, 0.5) is 0 Å². The Hall–Kier alpha value is -4.61. The van der Waals surface area contributed by atoms with Gasteiger partial charge >= 0.3 is 5.97 Å². The van der Waals surface area contributed by atoms with Gasteiger partial charge in [-0.25, -0.2) is 0 Å². The van der Waals surface area contributed by atoms with Crippen LogP contribution in [0.25, 0.3) is 21.5 Å². The first kappa shape index (κ1) is 32.9. The molecule has 1 saturated carbocycles. The minimum atomic E-state index is -1.89. The van der Waals surface area contributed by atoms with Crippen molar-refractivity contribution in [3.63, 3.8) is 0 Å². The smallest absolute Gasteiger partial charge is 0.327 e. The zero-order valence-electron chi connectivity index (χ0n) is 26.5. The van der Waals surface area contributed by atoms with Gasteiger partial charge in [0, 0.05) is 26.3 Å². The molecule has 1 N–H and O–H groups in total. The fourth-order valence-electron chi connectivity index (χ4n) is 7.83. The second-order valence-electron chi connectivity index (χ2n) is 12.7. The quantitative estimate of drug-likeness (QED) is 0.135. The molecule has 1 aliphatic rings. The summed E-state index contributed by atoms with van der Waals surface area (Å²) in [5, 5.41) is 28.5. The van der Waals surface area contributed by atoms with Crippen LogP contribution in [-0.4, -0.2) is 24.0 Å². The van der Waals surface area contributed by atoms with Gasteiger partial charge in [0.1, 0.15) is 5.60 Å². The summed E-state index contributed by atoms with van der Waals surface area (Å²) in [5.74, 6) is -4.36. The molecule has 7 rings (SSSR count). The molecule has 6 aromatic carbocycles. The number of methoxy groups -OCH3 is 1. The van der Waals surface area contributed by atoms with E-state index in [1.165, 1.54) is 7.11 Å². The predicted molar refractivity (Wildman–Crippen MR) is 198 cm³/mol. The molecule has 6 aromatic rings. The number of carbonyl (C=O) groups is 2. The zero-order valence-corrected chi connectivity index (χ0v) is 29.7. The number of nitrogens with zero attached hydrogens (tertiary/aromatic N) is 1. The molecule has 0 unspecified atom stereocenters. The molecule has 0 aliphatic heterocycles. The fraction of sp³-hybridized carbons (Fsp3) is 0.167. The Morgan fingerprint density at radius 3 is 1.84 bits per heavy atom. The van der Waals surface area contributed by atoms with Gasteiger partial charge in [0.05, 0.1) is 19.1 Å². The van der Waals surface area contributed by atoms with Gasteiger partial charge in [-0.2, -0.15) is 5.26 Å². The van der Waals surface area contributed by atoms with Crippen LogP contribution in [0, 0.1) is 22.7 Å². The predicted octanol–water partition coefficient (Wildman–Crippen LogP) is 9.86. The second kappa shape index (κ2) is 13.0. The SMILES string of the molecule is COC(=O)[C@]1(C#N)[C@H](c2ccc(Br)cc2)C[C@](O)(c2ccc3ccccc3c2)[C@@H](C(=O)c2ccc3ccccc3c2)[C@@H]1c1ccc(Br)cc1. The van der Waals surface area contributed by atoms with Gasteiger partial charge in [-0.15, -0.1) is 0 Å². The van der Waals surface area contributed by atoms with E-state index in [9.17, 15) is 15.2 Å². The Bertz CT molecular complexity index is 2260. The third-order valence-electron chi connectivity index (χ3n) is 10.2. The standard InChI is InChI=1S/C42H31Br2NO4/c1-49-40(47)41(25-45)36(28-13-18-34(43)19-14-28)24-42(48,33-17-12-27-7-3-5-9-31(27)23-33)38(37(41)29-15-20-35(44)21-16-29)39(46)32-11-10-26-6-2-4-8-30(26)22-32/h2-23,36-38,48H,24H2,1H3/t36-,37-,38+,41+,42-/m0/s1. The van der Waals surface area contributed by atoms with Crippen LogP contribution in [0.3, 0.4) is 0 Å². The molecule has 242 valence electrons. The number of ketones is 1. The molecule has 49 heavy (non-hydrogen) atoms. The van der Waals surface area contributed by atoms with Crippen LogP contribution in [0.15, 0.2) is 142 Å². The number of esters is 1. The van der Waals surface area contributed by atoms with E-state index in [0.29, 0.717) is 22.3 Å². The first-order valence-electron chi connectivity index (χ1n) is 15.9. The molecule has 0 spiro atoms. The number of rotatable bonds is 6. The molecule has 5 atom stereocenters. The molecule has 0 saturated heterocycles. The molecule has 5 nitrogen and oxygen atoms in total. The van der Waals surface area contributed by atoms with E-state index in [2.05, 4.69) is 37.9 Å². The minimum Gasteiger partial charge on any atom is -0.468 e. The maximum Gasteiger partial charge on any atom is 0.327 e. The summed E-state index contributed by atoms with van der Waals surface area (Å²) in [6.07, 6.45) is -0.0906. The Morgan fingerprint density at radius 2 is 1.27 bits per heavy atom. The summed E-state index contributed by atoms with van der Waals surface area (Å²) >= 11 is 7.03. The molecular formula is C42H31Br2NO4. The summed E-state index contributed by atoms with van der Waals surface area (Å²) in [7, 11) is 1.27. The molecule has 0 heterocycles. The van der Waals surface area contributed by atoms with E-state index in [-0.39, 0.29) is 12.2 Å². The molecule has 1 aliphatic carbocycles. The van der Waals surface area contributed by atoms with Crippen molar-refractivity contribution in [2.24, 2.45) is 11.3 Å². The average Bonchev–Trinajstić information content (AvgIpc) is 3.14. The summed E-state index contributed by atoms with van der Waals surface area (Å²) in [4.78, 5) is 29.7. The number of carbonyl (C=O) groups excluding carboxylic acids is 2. The van der Waals surface area contributed by atoms with Crippen molar-refractivity contribution in [3.05, 3.63) is 165 Å². The maximum atomic E-state index is 15.3. The van der Waals surface area contributed by atoms with Crippen molar-refractivity contribution in [1.29, 1.82) is 5.26 Å². The highest BCUT2D eigenvalue weighted by atomic mass is 79.9. The van der Waals surface area contributed by atoms with E-state index < -0.39 is 34.7 Å². The number of aliphatic hydroxyl groups is 1. The summed E-state index contributed by atoms with van der Waals surface area (Å²) < 4.78 is 7.10. The number of halogens is 2.